The summed E-state index contributed by atoms with van der Waals surface area (Å²) in [6.45, 7) is 0.627. The number of hydrogen-bond acceptors (Lipinski definition) is 2. The molecule has 18 heavy (non-hydrogen) atoms. The normalized spacial score (nSPS) is 10.4. The van der Waals surface area contributed by atoms with Crippen LogP contribution >= 0.6 is 23.2 Å². The van der Waals surface area contributed by atoms with Crippen LogP contribution in [0.15, 0.2) is 42.5 Å². The van der Waals surface area contributed by atoms with Crippen LogP contribution in [-0.2, 0) is 13.2 Å². The van der Waals surface area contributed by atoms with Gasteiger partial charge in [0, 0.05) is 12.2 Å². The van der Waals surface area contributed by atoms with Crippen molar-refractivity contribution >= 4 is 28.9 Å². The molecule has 2 N–H and O–H groups in total. The SMILES string of the molecule is OCc1cccc(NCc2cccc(Cl)c2Cl)c1. The molecule has 0 spiro atoms. The topological polar surface area (TPSA) is 32.3 Å². The van der Waals surface area contributed by atoms with E-state index in [4.69, 9.17) is 28.3 Å². The molecule has 0 heterocycles. The highest BCUT2D eigenvalue weighted by Crippen LogP contribution is 2.26. The predicted molar refractivity (Wildman–Crippen MR) is 76.2 cm³/mol. The maximum atomic E-state index is 9.06. The lowest BCUT2D eigenvalue weighted by Gasteiger charge is -2.09. The molecule has 0 atom stereocenters. The van der Waals surface area contributed by atoms with E-state index in [0.717, 1.165) is 16.8 Å². The number of benzene rings is 2. The summed E-state index contributed by atoms with van der Waals surface area (Å²) in [5.74, 6) is 0. The highest BCUT2D eigenvalue weighted by molar-refractivity contribution is 6.42. The van der Waals surface area contributed by atoms with Gasteiger partial charge in [0.25, 0.3) is 0 Å². The zero-order valence-corrected chi connectivity index (χ0v) is 11.2. The van der Waals surface area contributed by atoms with Gasteiger partial charge in [0.05, 0.1) is 16.7 Å². The van der Waals surface area contributed by atoms with Crippen molar-refractivity contribution < 1.29 is 5.11 Å². The quantitative estimate of drug-likeness (QED) is 0.885. The highest BCUT2D eigenvalue weighted by atomic mass is 35.5. The Kier molecular flexibility index (Phi) is 4.48. The smallest absolute Gasteiger partial charge is 0.0682 e. The Labute approximate surface area is 116 Å². The fourth-order valence-electron chi connectivity index (χ4n) is 1.66. The molecule has 0 aliphatic heterocycles. The zero-order chi connectivity index (χ0) is 13.0. The van der Waals surface area contributed by atoms with Gasteiger partial charge in [-0.2, -0.15) is 0 Å². The lowest BCUT2D eigenvalue weighted by Crippen LogP contribution is -2.00. The molecular formula is C14H13Cl2NO. The van der Waals surface area contributed by atoms with Gasteiger partial charge in [-0.05, 0) is 29.3 Å². The van der Waals surface area contributed by atoms with Crippen molar-refractivity contribution in [2.24, 2.45) is 0 Å². The van der Waals surface area contributed by atoms with Crippen LogP contribution in [0.5, 0.6) is 0 Å². The van der Waals surface area contributed by atoms with Crippen LogP contribution in [-0.4, -0.2) is 5.11 Å². The van der Waals surface area contributed by atoms with Crippen molar-refractivity contribution in [1.82, 2.24) is 0 Å². The van der Waals surface area contributed by atoms with E-state index in [-0.39, 0.29) is 6.61 Å². The first-order valence-electron chi connectivity index (χ1n) is 5.57. The van der Waals surface area contributed by atoms with E-state index < -0.39 is 0 Å². The molecule has 2 rings (SSSR count). The van der Waals surface area contributed by atoms with Gasteiger partial charge in [0.15, 0.2) is 0 Å². The molecule has 2 nitrogen and oxygen atoms in total. The van der Waals surface area contributed by atoms with Crippen molar-refractivity contribution in [3.8, 4) is 0 Å². The molecule has 0 saturated carbocycles. The van der Waals surface area contributed by atoms with Crippen LogP contribution in [0.3, 0.4) is 0 Å². The van der Waals surface area contributed by atoms with E-state index in [1.165, 1.54) is 0 Å². The summed E-state index contributed by atoms with van der Waals surface area (Å²) >= 11 is 12.1. The summed E-state index contributed by atoms with van der Waals surface area (Å²) < 4.78 is 0. The fourth-order valence-corrected chi connectivity index (χ4v) is 2.05. The van der Waals surface area contributed by atoms with Crippen LogP contribution in [0.2, 0.25) is 10.0 Å². The Morgan fingerprint density at radius 1 is 1.06 bits per heavy atom. The Morgan fingerprint density at radius 3 is 2.61 bits per heavy atom. The van der Waals surface area contributed by atoms with Crippen LogP contribution in [0, 0.1) is 0 Å². The summed E-state index contributed by atoms with van der Waals surface area (Å²) in [4.78, 5) is 0. The molecule has 0 radical (unpaired) electrons. The lowest BCUT2D eigenvalue weighted by molar-refractivity contribution is 0.282. The molecule has 0 unspecified atom stereocenters. The molecule has 0 aliphatic carbocycles. The third-order valence-electron chi connectivity index (χ3n) is 2.62. The van der Waals surface area contributed by atoms with E-state index in [2.05, 4.69) is 5.32 Å². The second-order valence-corrected chi connectivity index (χ2v) is 4.71. The van der Waals surface area contributed by atoms with E-state index in [1.54, 1.807) is 6.07 Å². The van der Waals surface area contributed by atoms with Crippen molar-refractivity contribution in [2.45, 2.75) is 13.2 Å². The Bertz CT molecular complexity index is 543. The molecule has 4 heteroatoms. The maximum absolute atomic E-state index is 9.06. The molecule has 0 aliphatic rings. The van der Waals surface area contributed by atoms with Crippen LogP contribution in [0.25, 0.3) is 0 Å². The van der Waals surface area contributed by atoms with Gasteiger partial charge in [-0.15, -0.1) is 0 Å². The number of aliphatic hydroxyl groups is 1. The van der Waals surface area contributed by atoms with Crippen molar-refractivity contribution in [3.05, 3.63) is 63.6 Å². The zero-order valence-electron chi connectivity index (χ0n) is 9.66. The van der Waals surface area contributed by atoms with Crippen LogP contribution < -0.4 is 5.32 Å². The Morgan fingerprint density at radius 2 is 1.83 bits per heavy atom. The first kappa shape index (κ1) is 13.2. The molecule has 2 aromatic carbocycles. The minimum atomic E-state index is 0.0352. The largest absolute Gasteiger partial charge is 0.392 e. The number of nitrogens with one attached hydrogen (secondary N) is 1. The van der Waals surface area contributed by atoms with E-state index >= 15 is 0 Å². The minimum absolute atomic E-state index is 0.0352. The maximum Gasteiger partial charge on any atom is 0.0682 e. The van der Waals surface area contributed by atoms with Gasteiger partial charge in [-0.3, -0.25) is 0 Å². The summed E-state index contributed by atoms with van der Waals surface area (Å²) in [5, 5.41) is 13.4. The number of halogens is 2. The lowest BCUT2D eigenvalue weighted by atomic mass is 10.2. The fraction of sp³-hybridized carbons (Fsp3) is 0.143. The summed E-state index contributed by atoms with van der Waals surface area (Å²) in [6.07, 6.45) is 0. The second kappa shape index (κ2) is 6.10. The average molecular weight is 282 g/mol. The number of aliphatic hydroxyl groups excluding tert-OH is 1. The standard InChI is InChI=1S/C14H13Cl2NO/c15-13-6-2-4-11(14(13)16)8-17-12-5-1-3-10(7-12)9-18/h1-7,17-18H,8-9H2. The van der Waals surface area contributed by atoms with Gasteiger partial charge in [0.2, 0.25) is 0 Å². The van der Waals surface area contributed by atoms with E-state index in [1.807, 2.05) is 36.4 Å². The summed E-state index contributed by atoms with van der Waals surface area (Å²) in [7, 11) is 0. The highest BCUT2D eigenvalue weighted by Gasteiger charge is 2.04. The predicted octanol–water partition coefficient (Wildman–Crippen LogP) is 4.10. The number of anilines is 1. The molecule has 0 saturated heterocycles. The van der Waals surface area contributed by atoms with Crippen LogP contribution in [0.4, 0.5) is 5.69 Å². The number of hydrogen-bond donors (Lipinski definition) is 2. The van der Waals surface area contributed by atoms with Crippen molar-refractivity contribution in [3.63, 3.8) is 0 Å². The van der Waals surface area contributed by atoms with Gasteiger partial charge in [0.1, 0.15) is 0 Å². The monoisotopic (exact) mass is 281 g/mol. The molecule has 0 amide bonds. The first-order valence-corrected chi connectivity index (χ1v) is 6.33. The molecule has 94 valence electrons. The van der Waals surface area contributed by atoms with E-state index in [0.29, 0.717) is 16.6 Å². The summed E-state index contributed by atoms with van der Waals surface area (Å²) in [6, 6.07) is 13.2. The average Bonchev–Trinajstić information content (AvgIpc) is 2.41. The molecular weight excluding hydrogens is 269 g/mol. The van der Waals surface area contributed by atoms with Gasteiger partial charge < -0.3 is 10.4 Å². The van der Waals surface area contributed by atoms with Gasteiger partial charge >= 0.3 is 0 Å². The third-order valence-corrected chi connectivity index (χ3v) is 3.48. The second-order valence-electron chi connectivity index (χ2n) is 3.92. The molecule has 0 bridgehead atoms. The van der Waals surface area contributed by atoms with Crippen LogP contribution in [0.1, 0.15) is 11.1 Å². The van der Waals surface area contributed by atoms with E-state index in [9.17, 15) is 0 Å². The number of rotatable bonds is 4. The van der Waals surface area contributed by atoms with Gasteiger partial charge in [-0.25, -0.2) is 0 Å². The first-order chi connectivity index (χ1) is 8.70. The minimum Gasteiger partial charge on any atom is -0.392 e. The molecule has 2 aromatic rings. The Balaban J connectivity index is 2.09. The van der Waals surface area contributed by atoms with Crippen molar-refractivity contribution in [1.29, 1.82) is 0 Å². The third kappa shape index (κ3) is 3.16. The molecule has 0 fully saturated rings. The summed E-state index contributed by atoms with van der Waals surface area (Å²) in [5.41, 5.74) is 2.76. The van der Waals surface area contributed by atoms with Crippen molar-refractivity contribution in [2.75, 3.05) is 5.32 Å². The van der Waals surface area contributed by atoms with Gasteiger partial charge in [-0.1, -0.05) is 47.5 Å². The molecule has 0 aromatic heterocycles. The Hall–Kier alpha value is -1.22.